The highest BCUT2D eigenvalue weighted by Crippen LogP contribution is 2.45. The number of carboxylic acid groups (broad SMARTS) is 1. The van der Waals surface area contributed by atoms with Gasteiger partial charge in [-0.15, -0.1) is 0 Å². The van der Waals surface area contributed by atoms with Crippen molar-refractivity contribution in [2.75, 3.05) is 11.9 Å². The molecule has 3 N–H and O–H groups in total. The van der Waals surface area contributed by atoms with Crippen molar-refractivity contribution in [2.45, 2.75) is 25.8 Å². The summed E-state index contributed by atoms with van der Waals surface area (Å²) in [6.07, 6.45) is 1.96. The zero-order valence-electron chi connectivity index (χ0n) is 10.5. The predicted molar refractivity (Wildman–Crippen MR) is 69.8 cm³/mol. The van der Waals surface area contributed by atoms with Gasteiger partial charge in [0.25, 0.3) is 0 Å². The summed E-state index contributed by atoms with van der Waals surface area (Å²) in [5.74, 6) is -0.674. The first-order valence-corrected chi connectivity index (χ1v) is 6.45. The molecule has 1 aromatic rings. The van der Waals surface area contributed by atoms with Gasteiger partial charge in [-0.3, -0.25) is 9.59 Å². The highest BCUT2D eigenvalue weighted by atomic mass is 16.4. The number of benzene rings is 1. The maximum Gasteiger partial charge on any atom is 0.310 e. The normalized spacial score (nSPS) is 18.8. The number of rotatable bonds is 5. The van der Waals surface area contributed by atoms with Crippen molar-refractivity contribution in [3.05, 3.63) is 29.3 Å². The maximum atomic E-state index is 11.2. The fourth-order valence-electron chi connectivity index (χ4n) is 2.46. The van der Waals surface area contributed by atoms with Crippen LogP contribution in [0.1, 0.15) is 24.0 Å². The van der Waals surface area contributed by atoms with Crippen LogP contribution in [-0.4, -0.2) is 23.5 Å². The van der Waals surface area contributed by atoms with Crippen LogP contribution >= 0.6 is 0 Å². The predicted octanol–water partition coefficient (Wildman–Crippen LogP) is 1.14. The van der Waals surface area contributed by atoms with E-state index in [-0.39, 0.29) is 5.91 Å². The van der Waals surface area contributed by atoms with Gasteiger partial charge < -0.3 is 15.7 Å². The lowest BCUT2D eigenvalue weighted by atomic mass is 10.1. The molecule has 0 atom stereocenters. The monoisotopic (exact) mass is 260 g/mol. The Hall–Kier alpha value is -1.88. The third kappa shape index (κ3) is 2.33. The molecule has 3 rings (SSSR count). The molecule has 0 saturated heterocycles. The molecule has 0 bridgehead atoms. The SMILES string of the molecule is O=C1Cc2cc(CNCC3(C(=O)O)CC3)ccc2N1. The van der Waals surface area contributed by atoms with Gasteiger partial charge in [0.05, 0.1) is 11.8 Å². The zero-order valence-corrected chi connectivity index (χ0v) is 10.5. The number of anilines is 1. The molecule has 1 aromatic carbocycles. The van der Waals surface area contributed by atoms with Crippen LogP contribution in [0.5, 0.6) is 0 Å². The molecule has 5 nitrogen and oxygen atoms in total. The summed E-state index contributed by atoms with van der Waals surface area (Å²) in [5.41, 5.74) is 2.45. The van der Waals surface area contributed by atoms with Crippen molar-refractivity contribution in [1.29, 1.82) is 0 Å². The van der Waals surface area contributed by atoms with Gasteiger partial charge in [0.15, 0.2) is 0 Å². The fourth-order valence-corrected chi connectivity index (χ4v) is 2.46. The molecule has 1 saturated carbocycles. The Morgan fingerprint density at radius 3 is 2.89 bits per heavy atom. The number of hydrogen-bond donors (Lipinski definition) is 3. The van der Waals surface area contributed by atoms with Crippen molar-refractivity contribution in [3.8, 4) is 0 Å². The number of nitrogens with one attached hydrogen (secondary N) is 2. The van der Waals surface area contributed by atoms with E-state index in [0.717, 1.165) is 29.7 Å². The quantitative estimate of drug-likeness (QED) is 0.741. The third-order valence-corrected chi connectivity index (χ3v) is 3.89. The molecule has 1 aliphatic heterocycles. The Morgan fingerprint density at radius 1 is 1.42 bits per heavy atom. The number of carbonyl (C=O) groups excluding carboxylic acids is 1. The highest BCUT2D eigenvalue weighted by molar-refractivity contribution is 5.99. The molecule has 0 unspecified atom stereocenters. The Bertz CT molecular complexity index is 550. The molecule has 0 spiro atoms. The molecule has 5 heteroatoms. The molecule has 19 heavy (non-hydrogen) atoms. The van der Waals surface area contributed by atoms with Crippen LogP contribution in [-0.2, 0) is 22.6 Å². The second-order valence-electron chi connectivity index (χ2n) is 5.41. The van der Waals surface area contributed by atoms with E-state index in [4.69, 9.17) is 5.11 Å². The molecule has 0 aromatic heterocycles. The number of amides is 1. The summed E-state index contributed by atoms with van der Waals surface area (Å²) in [7, 11) is 0. The number of carbonyl (C=O) groups is 2. The summed E-state index contributed by atoms with van der Waals surface area (Å²) in [6, 6.07) is 5.86. The molecule has 1 amide bonds. The maximum absolute atomic E-state index is 11.2. The summed E-state index contributed by atoms with van der Waals surface area (Å²) < 4.78 is 0. The third-order valence-electron chi connectivity index (χ3n) is 3.89. The van der Waals surface area contributed by atoms with Gasteiger partial charge in [-0.25, -0.2) is 0 Å². The van der Waals surface area contributed by atoms with E-state index in [1.165, 1.54) is 0 Å². The lowest BCUT2D eigenvalue weighted by Gasteiger charge is -2.11. The van der Waals surface area contributed by atoms with E-state index >= 15 is 0 Å². The van der Waals surface area contributed by atoms with E-state index in [1.807, 2.05) is 18.2 Å². The van der Waals surface area contributed by atoms with Crippen molar-refractivity contribution in [3.63, 3.8) is 0 Å². The van der Waals surface area contributed by atoms with E-state index in [9.17, 15) is 9.59 Å². The van der Waals surface area contributed by atoms with Crippen LogP contribution in [0.25, 0.3) is 0 Å². The smallest absolute Gasteiger partial charge is 0.310 e. The van der Waals surface area contributed by atoms with Crippen molar-refractivity contribution < 1.29 is 14.7 Å². The molecular weight excluding hydrogens is 244 g/mol. The van der Waals surface area contributed by atoms with Gasteiger partial charge in [0.2, 0.25) is 5.91 Å². The molecule has 0 radical (unpaired) electrons. The zero-order chi connectivity index (χ0) is 13.5. The molecule has 1 fully saturated rings. The summed E-state index contributed by atoms with van der Waals surface area (Å²) >= 11 is 0. The van der Waals surface area contributed by atoms with E-state index < -0.39 is 11.4 Å². The minimum absolute atomic E-state index is 0.0305. The van der Waals surface area contributed by atoms with Crippen LogP contribution in [0.3, 0.4) is 0 Å². The molecule has 100 valence electrons. The molecule has 2 aliphatic rings. The molecular formula is C14H16N2O3. The Labute approximate surface area is 111 Å². The molecule has 1 heterocycles. The van der Waals surface area contributed by atoms with Crippen LogP contribution in [0.4, 0.5) is 5.69 Å². The minimum Gasteiger partial charge on any atom is -0.481 e. The number of aliphatic carboxylic acids is 1. The first-order chi connectivity index (χ1) is 9.09. The van der Waals surface area contributed by atoms with Crippen molar-refractivity contribution >= 4 is 17.6 Å². The average Bonchev–Trinajstić information content (AvgIpc) is 3.05. The molecule has 1 aliphatic carbocycles. The number of carboxylic acids is 1. The Morgan fingerprint density at radius 2 is 2.21 bits per heavy atom. The first kappa shape index (κ1) is 12.2. The lowest BCUT2D eigenvalue weighted by molar-refractivity contribution is -0.143. The van der Waals surface area contributed by atoms with Gasteiger partial charge in [0.1, 0.15) is 0 Å². The second kappa shape index (κ2) is 4.35. The summed E-state index contributed by atoms with van der Waals surface area (Å²) in [6.45, 7) is 1.15. The minimum atomic E-state index is -0.705. The van der Waals surface area contributed by atoms with Crippen LogP contribution in [0, 0.1) is 5.41 Å². The van der Waals surface area contributed by atoms with Crippen LogP contribution in [0.2, 0.25) is 0 Å². The van der Waals surface area contributed by atoms with Gasteiger partial charge in [0, 0.05) is 18.8 Å². The van der Waals surface area contributed by atoms with Gasteiger partial charge in [-0.2, -0.15) is 0 Å². The van der Waals surface area contributed by atoms with Crippen LogP contribution < -0.4 is 10.6 Å². The lowest BCUT2D eigenvalue weighted by Crippen LogP contribution is -2.29. The Kier molecular flexibility index (Phi) is 2.78. The van der Waals surface area contributed by atoms with Crippen molar-refractivity contribution in [2.24, 2.45) is 5.41 Å². The first-order valence-electron chi connectivity index (χ1n) is 6.45. The second-order valence-corrected chi connectivity index (χ2v) is 5.41. The van der Waals surface area contributed by atoms with E-state index in [0.29, 0.717) is 19.5 Å². The largest absolute Gasteiger partial charge is 0.481 e. The van der Waals surface area contributed by atoms with E-state index in [1.54, 1.807) is 0 Å². The van der Waals surface area contributed by atoms with Gasteiger partial charge in [-0.1, -0.05) is 12.1 Å². The topological polar surface area (TPSA) is 78.4 Å². The van der Waals surface area contributed by atoms with Crippen molar-refractivity contribution in [1.82, 2.24) is 5.32 Å². The van der Waals surface area contributed by atoms with Gasteiger partial charge >= 0.3 is 5.97 Å². The standard InChI is InChI=1S/C14H16N2O3/c17-12-6-10-5-9(1-2-11(10)16-12)7-15-8-14(3-4-14)13(18)19/h1-2,5,15H,3-4,6-8H2,(H,16,17)(H,18,19). The van der Waals surface area contributed by atoms with E-state index in [2.05, 4.69) is 10.6 Å². The number of fused-ring (bicyclic) bond motifs is 1. The Balaban J connectivity index is 1.58. The fraction of sp³-hybridized carbons (Fsp3) is 0.429. The summed E-state index contributed by atoms with van der Waals surface area (Å²) in [4.78, 5) is 22.3. The highest BCUT2D eigenvalue weighted by Gasteiger charge is 2.49. The average molecular weight is 260 g/mol. The number of hydrogen-bond acceptors (Lipinski definition) is 3. The van der Waals surface area contributed by atoms with Gasteiger partial charge in [-0.05, 0) is 30.0 Å². The summed E-state index contributed by atoms with van der Waals surface area (Å²) in [5, 5.41) is 15.1. The van der Waals surface area contributed by atoms with Crippen LogP contribution in [0.15, 0.2) is 18.2 Å².